The Morgan fingerprint density at radius 3 is 2.74 bits per heavy atom. The topological polar surface area (TPSA) is 68.0 Å². The second kappa shape index (κ2) is 6.11. The van der Waals surface area contributed by atoms with Gasteiger partial charge in [-0.25, -0.2) is 0 Å². The van der Waals surface area contributed by atoms with Gasteiger partial charge in [0.1, 0.15) is 0 Å². The largest absolute Gasteiger partial charge is 0.366 e. The van der Waals surface area contributed by atoms with E-state index in [1.165, 1.54) is 5.56 Å². The first-order chi connectivity index (χ1) is 9.16. The number of amides is 1. The smallest absolute Gasteiger partial charge is 0.248 e. The summed E-state index contributed by atoms with van der Waals surface area (Å²) in [6.07, 6.45) is 3.56. The van der Waals surface area contributed by atoms with Gasteiger partial charge in [-0.2, -0.15) is 0 Å². The first kappa shape index (κ1) is 13.2. The number of nitrogens with zero attached hydrogens (tertiary/aromatic N) is 1. The molecule has 1 unspecified atom stereocenters. The second-order valence-corrected chi connectivity index (χ2v) is 4.45. The zero-order valence-electron chi connectivity index (χ0n) is 10.8. The third kappa shape index (κ3) is 3.63. The first-order valence-corrected chi connectivity index (χ1v) is 6.19. The summed E-state index contributed by atoms with van der Waals surface area (Å²) in [6.45, 7) is 2.78. The Bertz CT molecular complexity index is 554. The highest BCUT2D eigenvalue weighted by Gasteiger charge is 2.05. The van der Waals surface area contributed by atoms with E-state index >= 15 is 0 Å². The lowest BCUT2D eigenvalue weighted by atomic mass is 10.1. The van der Waals surface area contributed by atoms with Crippen LogP contribution in [0.4, 0.5) is 0 Å². The number of aromatic nitrogens is 1. The van der Waals surface area contributed by atoms with Crippen molar-refractivity contribution in [3.63, 3.8) is 0 Å². The predicted molar refractivity (Wildman–Crippen MR) is 74.5 cm³/mol. The maximum atomic E-state index is 11.1. The minimum absolute atomic E-state index is 0.222. The van der Waals surface area contributed by atoms with Gasteiger partial charge >= 0.3 is 0 Å². The highest BCUT2D eigenvalue weighted by atomic mass is 16.1. The number of benzene rings is 1. The Morgan fingerprint density at radius 2 is 2.05 bits per heavy atom. The highest BCUT2D eigenvalue weighted by Crippen LogP contribution is 2.12. The molecule has 19 heavy (non-hydrogen) atoms. The van der Waals surface area contributed by atoms with Crippen LogP contribution in [0.1, 0.15) is 34.5 Å². The molecule has 0 radical (unpaired) electrons. The number of hydrogen-bond acceptors (Lipinski definition) is 3. The zero-order chi connectivity index (χ0) is 13.7. The molecule has 3 N–H and O–H groups in total. The molecule has 1 amide bonds. The minimum Gasteiger partial charge on any atom is -0.366 e. The van der Waals surface area contributed by atoms with Crippen molar-refractivity contribution in [3.05, 3.63) is 65.5 Å². The maximum absolute atomic E-state index is 11.1. The van der Waals surface area contributed by atoms with E-state index < -0.39 is 5.91 Å². The number of nitrogens with two attached hydrogens (primary N) is 1. The van der Waals surface area contributed by atoms with E-state index in [9.17, 15) is 4.79 Å². The van der Waals surface area contributed by atoms with Crippen LogP contribution in [0.25, 0.3) is 0 Å². The molecule has 0 bridgehead atoms. The molecule has 1 aromatic heterocycles. The summed E-state index contributed by atoms with van der Waals surface area (Å²) < 4.78 is 0. The van der Waals surface area contributed by atoms with E-state index in [-0.39, 0.29) is 6.04 Å². The molecule has 2 aromatic rings. The predicted octanol–water partition coefficient (Wildman–Crippen LogP) is 2.03. The van der Waals surface area contributed by atoms with Crippen molar-refractivity contribution < 1.29 is 4.79 Å². The van der Waals surface area contributed by atoms with E-state index in [2.05, 4.69) is 17.2 Å². The van der Waals surface area contributed by atoms with Gasteiger partial charge in [-0.05, 0) is 42.3 Å². The zero-order valence-corrected chi connectivity index (χ0v) is 10.8. The molecule has 0 aliphatic carbocycles. The lowest BCUT2D eigenvalue weighted by Crippen LogP contribution is -2.18. The summed E-state index contributed by atoms with van der Waals surface area (Å²) in [5.41, 5.74) is 8.02. The van der Waals surface area contributed by atoms with Gasteiger partial charge in [0.2, 0.25) is 5.91 Å². The van der Waals surface area contributed by atoms with Crippen LogP contribution < -0.4 is 11.1 Å². The van der Waals surface area contributed by atoms with Gasteiger partial charge < -0.3 is 11.1 Å². The molecule has 4 nitrogen and oxygen atoms in total. The van der Waals surface area contributed by atoms with Gasteiger partial charge in [0.05, 0.1) is 0 Å². The molecular weight excluding hydrogens is 238 g/mol. The highest BCUT2D eigenvalue weighted by molar-refractivity contribution is 5.92. The lowest BCUT2D eigenvalue weighted by molar-refractivity contribution is 0.1000. The molecule has 0 saturated carbocycles. The molecule has 1 heterocycles. The lowest BCUT2D eigenvalue weighted by Gasteiger charge is -2.14. The third-order valence-electron chi connectivity index (χ3n) is 3.03. The average molecular weight is 255 g/mol. The third-order valence-corrected chi connectivity index (χ3v) is 3.03. The Balaban J connectivity index is 1.99. The summed E-state index contributed by atoms with van der Waals surface area (Å²) in [4.78, 5) is 15.1. The maximum Gasteiger partial charge on any atom is 0.248 e. The van der Waals surface area contributed by atoms with Crippen LogP contribution >= 0.6 is 0 Å². The monoisotopic (exact) mass is 255 g/mol. The minimum atomic E-state index is -0.399. The summed E-state index contributed by atoms with van der Waals surface area (Å²) in [7, 11) is 0. The number of carbonyl (C=O) groups excluding carboxylic acids is 1. The van der Waals surface area contributed by atoms with Crippen molar-refractivity contribution in [3.8, 4) is 0 Å². The van der Waals surface area contributed by atoms with Gasteiger partial charge in [-0.3, -0.25) is 9.78 Å². The van der Waals surface area contributed by atoms with Gasteiger partial charge in [-0.1, -0.05) is 12.1 Å². The second-order valence-electron chi connectivity index (χ2n) is 4.45. The number of rotatable bonds is 5. The molecule has 0 spiro atoms. The fourth-order valence-electron chi connectivity index (χ4n) is 1.88. The summed E-state index contributed by atoms with van der Waals surface area (Å²) in [6, 6.07) is 11.5. The summed E-state index contributed by atoms with van der Waals surface area (Å²) in [5, 5.41) is 3.40. The van der Waals surface area contributed by atoms with Crippen LogP contribution in [0.5, 0.6) is 0 Å². The molecule has 98 valence electrons. The van der Waals surface area contributed by atoms with Gasteiger partial charge in [0.25, 0.3) is 0 Å². The SMILES string of the molecule is CC(NCc1cccc(C(N)=O)c1)c1ccncc1. The molecule has 0 fully saturated rings. The molecule has 1 atom stereocenters. The van der Waals surface area contributed by atoms with Crippen LogP contribution in [0.3, 0.4) is 0 Å². The van der Waals surface area contributed by atoms with Crippen molar-refractivity contribution in [1.29, 1.82) is 0 Å². The standard InChI is InChI=1S/C15H17N3O/c1-11(13-5-7-17-8-6-13)18-10-12-3-2-4-14(9-12)15(16)19/h2-9,11,18H,10H2,1H3,(H2,16,19). The Hall–Kier alpha value is -2.20. The summed E-state index contributed by atoms with van der Waals surface area (Å²) >= 11 is 0. The summed E-state index contributed by atoms with van der Waals surface area (Å²) in [5.74, 6) is -0.399. The number of nitrogens with one attached hydrogen (secondary N) is 1. The van der Waals surface area contributed by atoms with Crippen LogP contribution in [0, 0.1) is 0 Å². The van der Waals surface area contributed by atoms with Crippen molar-refractivity contribution in [2.45, 2.75) is 19.5 Å². The fraction of sp³-hybridized carbons (Fsp3) is 0.200. The Morgan fingerprint density at radius 1 is 1.32 bits per heavy atom. The number of primary amides is 1. The van der Waals surface area contributed by atoms with Gasteiger partial charge in [0, 0.05) is 30.5 Å². The van der Waals surface area contributed by atoms with Crippen molar-refractivity contribution in [2.24, 2.45) is 5.73 Å². The molecule has 0 aliphatic heterocycles. The van der Waals surface area contributed by atoms with Crippen LogP contribution in [0.15, 0.2) is 48.8 Å². The van der Waals surface area contributed by atoms with Crippen molar-refractivity contribution in [2.75, 3.05) is 0 Å². The van der Waals surface area contributed by atoms with Crippen LogP contribution in [-0.4, -0.2) is 10.9 Å². The Labute approximate surface area is 112 Å². The molecule has 2 rings (SSSR count). The molecule has 1 aromatic carbocycles. The first-order valence-electron chi connectivity index (χ1n) is 6.19. The average Bonchev–Trinajstić information content (AvgIpc) is 2.46. The number of pyridine rings is 1. The molecule has 0 saturated heterocycles. The molecular formula is C15H17N3O. The fourth-order valence-corrected chi connectivity index (χ4v) is 1.88. The molecule has 4 heteroatoms. The van der Waals surface area contributed by atoms with E-state index in [4.69, 9.17) is 5.73 Å². The van der Waals surface area contributed by atoms with Crippen molar-refractivity contribution in [1.82, 2.24) is 10.3 Å². The van der Waals surface area contributed by atoms with Crippen molar-refractivity contribution >= 4 is 5.91 Å². The molecule has 0 aliphatic rings. The van der Waals surface area contributed by atoms with Gasteiger partial charge in [0.15, 0.2) is 0 Å². The van der Waals surface area contributed by atoms with Gasteiger partial charge in [-0.15, -0.1) is 0 Å². The van der Waals surface area contributed by atoms with E-state index in [1.807, 2.05) is 30.3 Å². The van der Waals surface area contributed by atoms with E-state index in [0.29, 0.717) is 12.1 Å². The number of hydrogen-bond donors (Lipinski definition) is 2. The van der Waals surface area contributed by atoms with E-state index in [1.54, 1.807) is 18.5 Å². The van der Waals surface area contributed by atoms with E-state index in [0.717, 1.165) is 5.56 Å². The number of carbonyl (C=O) groups is 1. The van der Waals surface area contributed by atoms with Crippen LogP contribution in [0.2, 0.25) is 0 Å². The normalized spacial score (nSPS) is 12.1. The Kier molecular flexibility index (Phi) is 4.26. The quantitative estimate of drug-likeness (QED) is 0.859. The van der Waals surface area contributed by atoms with Crippen LogP contribution in [-0.2, 0) is 6.54 Å².